The first kappa shape index (κ1) is 20.7. The van der Waals surface area contributed by atoms with Crippen molar-refractivity contribution in [2.75, 3.05) is 0 Å². The van der Waals surface area contributed by atoms with E-state index in [9.17, 15) is 0 Å². The van der Waals surface area contributed by atoms with E-state index in [1.54, 1.807) is 0 Å². The molecule has 22 heavy (non-hydrogen) atoms. The monoisotopic (exact) mass is 300 g/mol. The maximum absolute atomic E-state index is 3.00. The predicted octanol–water partition coefficient (Wildman–Crippen LogP) is 7.28. The highest BCUT2D eigenvalue weighted by atomic mass is 14.2. The van der Waals surface area contributed by atoms with E-state index in [1.165, 1.54) is 24.0 Å². The molecule has 0 heterocycles. The van der Waals surface area contributed by atoms with E-state index < -0.39 is 0 Å². The summed E-state index contributed by atoms with van der Waals surface area (Å²) in [5.41, 5.74) is 3.02. The summed E-state index contributed by atoms with van der Waals surface area (Å²) >= 11 is 0. The lowest BCUT2D eigenvalue weighted by molar-refractivity contribution is 0.333. The molecule has 3 atom stereocenters. The third kappa shape index (κ3) is 8.22. The second-order valence-electron chi connectivity index (χ2n) is 6.48. The molecule has 0 aromatic carbocycles. The maximum atomic E-state index is 3.00. The first-order valence-corrected chi connectivity index (χ1v) is 8.72. The smallest absolute Gasteiger partial charge is 0.0133 e. The number of hydrogen-bond acceptors (Lipinski definition) is 0. The molecule has 0 nitrogen and oxygen atoms in total. The van der Waals surface area contributed by atoms with E-state index >= 15 is 0 Å². The van der Waals surface area contributed by atoms with Crippen LogP contribution in [-0.4, -0.2) is 0 Å². The Morgan fingerprint density at radius 3 is 2.27 bits per heavy atom. The standard InChI is InChI=1S/C20H32.C2H4/c1-6-20-13-9-7-11-16(2)18(4)15-19(5)17(3)12-8-10-14-20;1-2/h7-11,14,17-19H,6,12-13,15H2,1-5H3;1-2H2/b9-7-,10-8-,16-11+,20-14-;. The van der Waals surface area contributed by atoms with Gasteiger partial charge in [-0.1, -0.05) is 75.3 Å². The molecule has 0 aliphatic heterocycles. The van der Waals surface area contributed by atoms with Crippen molar-refractivity contribution in [1.82, 2.24) is 0 Å². The average Bonchev–Trinajstić information content (AvgIpc) is 2.53. The highest BCUT2D eigenvalue weighted by Crippen LogP contribution is 2.27. The minimum Gasteiger partial charge on any atom is -0.106 e. The molecular formula is C22H36. The molecule has 3 unspecified atom stereocenters. The Morgan fingerprint density at radius 2 is 1.64 bits per heavy atom. The Kier molecular flexibility index (Phi) is 11.5. The molecule has 0 radical (unpaired) electrons. The van der Waals surface area contributed by atoms with Gasteiger partial charge in [0.05, 0.1) is 0 Å². The highest BCUT2D eigenvalue weighted by Gasteiger charge is 2.15. The van der Waals surface area contributed by atoms with Crippen molar-refractivity contribution in [2.45, 2.75) is 60.3 Å². The summed E-state index contributed by atoms with van der Waals surface area (Å²) in [7, 11) is 0. The van der Waals surface area contributed by atoms with E-state index in [1.807, 2.05) is 0 Å². The van der Waals surface area contributed by atoms with Crippen LogP contribution >= 0.6 is 0 Å². The normalized spacial score (nSPS) is 34.7. The molecule has 0 bridgehead atoms. The van der Waals surface area contributed by atoms with Gasteiger partial charge in [-0.25, -0.2) is 0 Å². The summed E-state index contributed by atoms with van der Waals surface area (Å²) < 4.78 is 0. The van der Waals surface area contributed by atoms with E-state index in [0.29, 0.717) is 5.92 Å². The summed E-state index contributed by atoms with van der Waals surface area (Å²) in [6, 6.07) is 0. The molecule has 1 aliphatic carbocycles. The molecule has 0 saturated carbocycles. The Balaban J connectivity index is 0.00000211. The van der Waals surface area contributed by atoms with Gasteiger partial charge in [0, 0.05) is 0 Å². The zero-order valence-electron chi connectivity index (χ0n) is 15.4. The molecule has 0 amide bonds. The van der Waals surface area contributed by atoms with Crippen LogP contribution in [0.4, 0.5) is 0 Å². The molecule has 0 heteroatoms. The second-order valence-corrected chi connectivity index (χ2v) is 6.48. The molecule has 0 fully saturated rings. The summed E-state index contributed by atoms with van der Waals surface area (Å²) in [5, 5.41) is 0. The first-order valence-electron chi connectivity index (χ1n) is 8.72. The van der Waals surface area contributed by atoms with Crippen LogP contribution in [0.2, 0.25) is 0 Å². The molecule has 0 aromatic rings. The Morgan fingerprint density at radius 1 is 1.00 bits per heavy atom. The van der Waals surface area contributed by atoms with Gasteiger partial charge < -0.3 is 0 Å². The third-order valence-corrected chi connectivity index (χ3v) is 4.78. The molecule has 1 rings (SSSR count). The van der Waals surface area contributed by atoms with Crippen molar-refractivity contribution in [2.24, 2.45) is 17.8 Å². The zero-order chi connectivity index (χ0) is 17.0. The topological polar surface area (TPSA) is 0 Å². The molecule has 1 aliphatic rings. The van der Waals surface area contributed by atoms with Crippen LogP contribution in [0.5, 0.6) is 0 Å². The van der Waals surface area contributed by atoms with Gasteiger partial charge in [0.15, 0.2) is 0 Å². The maximum Gasteiger partial charge on any atom is -0.0133 e. The number of allylic oxidation sites excluding steroid dienone is 8. The molecule has 0 saturated heterocycles. The Labute approximate surface area is 139 Å². The lowest BCUT2D eigenvalue weighted by Gasteiger charge is -2.23. The molecule has 0 N–H and O–H groups in total. The van der Waals surface area contributed by atoms with Gasteiger partial charge >= 0.3 is 0 Å². The van der Waals surface area contributed by atoms with Gasteiger partial charge in [-0.15, -0.1) is 13.2 Å². The molecular weight excluding hydrogens is 264 g/mol. The summed E-state index contributed by atoms with van der Waals surface area (Å²) in [6.07, 6.45) is 18.4. The van der Waals surface area contributed by atoms with Crippen molar-refractivity contribution < 1.29 is 0 Å². The largest absolute Gasteiger partial charge is 0.106 e. The van der Waals surface area contributed by atoms with E-state index in [-0.39, 0.29) is 0 Å². The van der Waals surface area contributed by atoms with E-state index in [0.717, 1.165) is 24.7 Å². The minimum atomic E-state index is 0.685. The fourth-order valence-electron chi connectivity index (χ4n) is 2.64. The molecule has 124 valence electrons. The van der Waals surface area contributed by atoms with Crippen LogP contribution in [0.1, 0.15) is 60.3 Å². The van der Waals surface area contributed by atoms with Crippen LogP contribution in [0.15, 0.2) is 60.8 Å². The fourth-order valence-corrected chi connectivity index (χ4v) is 2.64. The zero-order valence-corrected chi connectivity index (χ0v) is 15.4. The summed E-state index contributed by atoms with van der Waals surface area (Å²) in [5.74, 6) is 2.23. The van der Waals surface area contributed by atoms with Crippen molar-refractivity contribution in [3.05, 3.63) is 60.8 Å². The van der Waals surface area contributed by atoms with Gasteiger partial charge in [0.1, 0.15) is 0 Å². The van der Waals surface area contributed by atoms with Gasteiger partial charge in [0.25, 0.3) is 0 Å². The molecule has 0 aromatic heterocycles. The fraction of sp³-hybridized carbons (Fsp3) is 0.545. The number of hydrogen-bond donors (Lipinski definition) is 0. The third-order valence-electron chi connectivity index (χ3n) is 4.78. The highest BCUT2D eigenvalue weighted by molar-refractivity contribution is 5.19. The summed E-state index contributed by atoms with van der Waals surface area (Å²) in [4.78, 5) is 0. The lowest BCUT2D eigenvalue weighted by atomic mass is 9.83. The number of rotatable bonds is 1. The van der Waals surface area contributed by atoms with Crippen molar-refractivity contribution in [3.8, 4) is 0 Å². The van der Waals surface area contributed by atoms with Gasteiger partial charge in [-0.3, -0.25) is 0 Å². The van der Waals surface area contributed by atoms with E-state index in [4.69, 9.17) is 0 Å². The quantitative estimate of drug-likeness (QED) is 0.446. The van der Waals surface area contributed by atoms with Crippen LogP contribution in [-0.2, 0) is 0 Å². The van der Waals surface area contributed by atoms with Crippen LogP contribution < -0.4 is 0 Å². The van der Waals surface area contributed by atoms with Crippen molar-refractivity contribution in [3.63, 3.8) is 0 Å². The summed E-state index contributed by atoms with van der Waals surface area (Å²) in [6.45, 7) is 17.7. The van der Waals surface area contributed by atoms with Crippen LogP contribution in [0, 0.1) is 17.8 Å². The predicted molar refractivity (Wildman–Crippen MR) is 103 cm³/mol. The van der Waals surface area contributed by atoms with E-state index in [2.05, 4.69) is 84.2 Å². The van der Waals surface area contributed by atoms with Gasteiger partial charge in [-0.05, 0) is 50.4 Å². The van der Waals surface area contributed by atoms with Gasteiger partial charge in [0.2, 0.25) is 0 Å². The van der Waals surface area contributed by atoms with Crippen molar-refractivity contribution in [1.29, 1.82) is 0 Å². The SMILES string of the molecule is C=C.CC/C1=C/C=C\CC(C)C(C)CC(C)/C(C)=C/C=C\C1. The minimum absolute atomic E-state index is 0.685. The second kappa shape index (κ2) is 12.3. The lowest BCUT2D eigenvalue weighted by Crippen LogP contribution is -2.12. The Bertz CT molecular complexity index is 406. The average molecular weight is 301 g/mol. The van der Waals surface area contributed by atoms with Crippen LogP contribution in [0.3, 0.4) is 0 Å². The van der Waals surface area contributed by atoms with Gasteiger partial charge in [-0.2, -0.15) is 0 Å². The van der Waals surface area contributed by atoms with Crippen molar-refractivity contribution >= 4 is 0 Å². The van der Waals surface area contributed by atoms with Crippen LogP contribution in [0.25, 0.3) is 0 Å². The Hall–Kier alpha value is -1.30. The molecule has 0 spiro atoms. The first-order chi connectivity index (χ1) is 10.5.